The largest absolute Gasteiger partial charge is 0.288 e. The normalized spacial score (nSPS) is 18.5. The molecular formula is C15H17NOS2. The molecule has 1 aromatic carbocycles. The van der Waals surface area contributed by atoms with Crippen LogP contribution in [0.5, 0.6) is 0 Å². The van der Waals surface area contributed by atoms with Gasteiger partial charge in [0.15, 0.2) is 0 Å². The number of aryl methyl sites for hydroxylation is 1. The molecule has 1 aliphatic rings. The van der Waals surface area contributed by atoms with Crippen molar-refractivity contribution < 1.29 is 4.79 Å². The van der Waals surface area contributed by atoms with Crippen LogP contribution >= 0.6 is 24.0 Å². The van der Waals surface area contributed by atoms with E-state index in [-0.39, 0.29) is 11.4 Å². The molecule has 0 aromatic heterocycles. The number of hydrogen-bond acceptors (Lipinski definition) is 3. The van der Waals surface area contributed by atoms with Gasteiger partial charge in [0.05, 0.1) is 4.91 Å². The summed E-state index contributed by atoms with van der Waals surface area (Å²) in [5.74, 6) is 0.00371. The molecule has 0 unspecified atom stereocenters. The highest BCUT2D eigenvalue weighted by atomic mass is 32.2. The van der Waals surface area contributed by atoms with Gasteiger partial charge in [0.25, 0.3) is 5.91 Å². The third kappa shape index (κ3) is 3.07. The Hall–Kier alpha value is -1.13. The van der Waals surface area contributed by atoms with Crippen LogP contribution in [0.1, 0.15) is 31.9 Å². The number of carbonyl (C=O) groups is 1. The average Bonchev–Trinajstić information content (AvgIpc) is 2.53. The van der Waals surface area contributed by atoms with Crippen molar-refractivity contribution in [2.75, 3.05) is 0 Å². The van der Waals surface area contributed by atoms with Gasteiger partial charge in [-0.2, -0.15) is 0 Å². The smallest absolute Gasteiger partial charge is 0.266 e. The zero-order valence-electron chi connectivity index (χ0n) is 11.6. The van der Waals surface area contributed by atoms with Gasteiger partial charge in [-0.1, -0.05) is 53.8 Å². The molecule has 0 saturated carbocycles. The van der Waals surface area contributed by atoms with Gasteiger partial charge in [0.1, 0.15) is 4.32 Å². The Labute approximate surface area is 123 Å². The van der Waals surface area contributed by atoms with E-state index in [9.17, 15) is 4.79 Å². The van der Waals surface area contributed by atoms with Crippen LogP contribution in [0.3, 0.4) is 0 Å². The van der Waals surface area contributed by atoms with Crippen LogP contribution in [-0.2, 0) is 4.79 Å². The lowest BCUT2D eigenvalue weighted by atomic mass is 10.1. The van der Waals surface area contributed by atoms with Crippen molar-refractivity contribution in [3.05, 3.63) is 40.3 Å². The second-order valence-corrected chi connectivity index (χ2v) is 7.28. The van der Waals surface area contributed by atoms with E-state index in [0.29, 0.717) is 9.23 Å². The van der Waals surface area contributed by atoms with Crippen LogP contribution in [0.25, 0.3) is 6.08 Å². The van der Waals surface area contributed by atoms with Gasteiger partial charge in [0, 0.05) is 5.54 Å². The second kappa shape index (κ2) is 5.10. The minimum Gasteiger partial charge on any atom is -0.288 e. The Morgan fingerprint density at radius 3 is 2.53 bits per heavy atom. The Balaban J connectivity index is 2.34. The first kappa shape index (κ1) is 14.3. The van der Waals surface area contributed by atoms with Gasteiger partial charge < -0.3 is 0 Å². The van der Waals surface area contributed by atoms with E-state index < -0.39 is 0 Å². The quantitative estimate of drug-likeness (QED) is 0.576. The molecule has 2 nitrogen and oxygen atoms in total. The molecule has 4 heteroatoms. The molecule has 0 bridgehead atoms. The fourth-order valence-electron chi connectivity index (χ4n) is 1.96. The number of nitrogens with zero attached hydrogens (tertiary/aromatic N) is 1. The standard InChI is InChI=1S/C15H17NOS2/c1-10-6-5-7-11(8-10)9-12-13(17)16(14(18)19-12)15(2,3)4/h5-9H,1-4H3/b12-9-. The lowest BCUT2D eigenvalue weighted by Gasteiger charge is -2.30. The van der Waals surface area contributed by atoms with Gasteiger partial charge >= 0.3 is 0 Å². The molecule has 0 N–H and O–H groups in total. The van der Waals surface area contributed by atoms with Crippen molar-refractivity contribution >= 4 is 40.3 Å². The summed E-state index contributed by atoms with van der Waals surface area (Å²) in [6.07, 6.45) is 1.91. The number of benzene rings is 1. The highest BCUT2D eigenvalue weighted by Gasteiger charge is 2.38. The third-order valence-corrected chi connectivity index (χ3v) is 4.11. The molecule has 1 heterocycles. The topological polar surface area (TPSA) is 20.3 Å². The summed E-state index contributed by atoms with van der Waals surface area (Å²) in [7, 11) is 0. The highest BCUT2D eigenvalue weighted by Crippen LogP contribution is 2.36. The van der Waals surface area contributed by atoms with E-state index in [0.717, 1.165) is 5.56 Å². The molecule has 1 aliphatic heterocycles. The Bertz CT molecular complexity index is 570. The maximum atomic E-state index is 12.4. The summed E-state index contributed by atoms with van der Waals surface area (Å²) in [6, 6.07) is 8.09. The van der Waals surface area contributed by atoms with Crippen molar-refractivity contribution in [2.45, 2.75) is 33.2 Å². The summed E-state index contributed by atoms with van der Waals surface area (Å²) >= 11 is 6.69. The minimum atomic E-state index is -0.274. The van der Waals surface area contributed by atoms with Crippen LogP contribution in [0.2, 0.25) is 0 Å². The van der Waals surface area contributed by atoms with E-state index in [1.165, 1.54) is 17.3 Å². The van der Waals surface area contributed by atoms with Crippen molar-refractivity contribution in [3.8, 4) is 0 Å². The van der Waals surface area contributed by atoms with Crippen molar-refractivity contribution in [3.63, 3.8) is 0 Å². The first-order valence-corrected chi connectivity index (χ1v) is 7.36. The predicted molar refractivity (Wildman–Crippen MR) is 85.9 cm³/mol. The lowest BCUT2D eigenvalue weighted by Crippen LogP contribution is -2.44. The van der Waals surface area contributed by atoms with Crippen molar-refractivity contribution in [2.24, 2.45) is 0 Å². The Morgan fingerprint density at radius 1 is 1.32 bits per heavy atom. The minimum absolute atomic E-state index is 0.00371. The number of rotatable bonds is 1. The molecule has 1 fully saturated rings. The number of thioether (sulfide) groups is 1. The molecule has 0 spiro atoms. The van der Waals surface area contributed by atoms with Gasteiger partial charge in [-0.3, -0.25) is 9.69 Å². The number of thiocarbonyl (C=S) groups is 1. The fraction of sp³-hybridized carbons (Fsp3) is 0.333. The molecule has 0 radical (unpaired) electrons. The lowest BCUT2D eigenvalue weighted by molar-refractivity contribution is -0.125. The molecule has 19 heavy (non-hydrogen) atoms. The van der Waals surface area contributed by atoms with E-state index in [2.05, 4.69) is 6.07 Å². The number of amides is 1. The van der Waals surface area contributed by atoms with Crippen molar-refractivity contribution in [1.82, 2.24) is 4.90 Å². The SMILES string of the molecule is Cc1cccc(/C=C2\SC(=S)N(C(C)(C)C)C2=O)c1. The monoisotopic (exact) mass is 291 g/mol. The summed E-state index contributed by atoms with van der Waals surface area (Å²) < 4.78 is 0.636. The van der Waals surface area contributed by atoms with Crippen LogP contribution in [0.15, 0.2) is 29.2 Å². The number of carbonyl (C=O) groups excluding carboxylic acids is 1. The van der Waals surface area contributed by atoms with Crippen LogP contribution in [-0.4, -0.2) is 20.7 Å². The highest BCUT2D eigenvalue weighted by molar-refractivity contribution is 8.26. The van der Waals surface area contributed by atoms with E-state index in [4.69, 9.17) is 12.2 Å². The van der Waals surface area contributed by atoms with E-state index >= 15 is 0 Å². The molecule has 0 aliphatic carbocycles. The number of hydrogen-bond donors (Lipinski definition) is 0. The maximum Gasteiger partial charge on any atom is 0.266 e. The third-order valence-electron chi connectivity index (χ3n) is 2.80. The second-order valence-electron chi connectivity index (χ2n) is 5.60. The molecule has 1 aromatic rings. The summed E-state index contributed by atoms with van der Waals surface area (Å²) in [5.41, 5.74) is 1.94. The molecule has 2 rings (SSSR count). The van der Waals surface area contributed by atoms with E-state index in [1.54, 1.807) is 4.90 Å². The molecular weight excluding hydrogens is 274 g/mol. The zero-order valence-corrected chi connectivity index (χ0v) is 13.2. The summed E-state index contributed by atoms with van der Waals surface area (Å²) in [4.78, 5) is 14.8. The van der Waals surface area contributed by atoms with Crippen LogP contribution in [0.4, 0.5) is 0 Å². The maximum absolute atomic E-state index is 12.4. The Kier molecular flexibility index (Phi) is 3.83. The van der Waals surface area contributed by atoms with Crippen LogP contribution in [0, 0.1) is 6.92 Å². The predicted octanol–water partition coefficient (Wildman–Crippen LogP) is 3.99. The average molecular weight is 291 g/mol. The van der Waals surface area contributed by atoms with Crippen LogP contribution < -0.4 is 0 Å². The van der Waals surface area contributed by atoms with E-state index in [1.807, 2.05) is 52.0 Å². The zero-order chi connectivity index (χ0) is 14.2. The molecule has 1 amide bonds. The van der Waals surface area contributed by atoms with Gasteiger partial charge in [-0.15, -0.1) is 0 Å². The van der Waals surface area contributed by atoms with Gasteiger partial charge in [-0.25, -0.2) is 0 Å². The molecule has 0 atom stereocenters. The fourth-order valence-corrected chi connectivity index (χ4v) is 3.59. The first-order valence-electron chi connectivity index (χ1n) is 6.14. The summed E-state index contributed by atoms with van der Waals surface area (Å²) in [5, 5.41) is 0. The summed E-state index contributed by atoms with van der Waals surface area (Å²) in [6.45, 7) is 8.02. The molecule has 100 valence electrons. The van der Waals surface area contributed by atoms with Crippen molar-refractivity contribution in [1.29, 1.82) is 0 Å². The van der Waals surface area contributed by atoms with Gasteiger partial charge in [-0.05, 0) is 39.3 Å². The Morgan fingerprint density at radius 2 is 2.00 bits per heavy atom. The first-order chi connectivity index (χ1) is 8.79. The van der Waals surface area contributed by atoms with Gasteiger partial charge in [0.2, 0.25) is 0 Å². The molecule has 1 saturated heterocycles.